The van der Waals surface area contributed by atoms with Crippen molar-refractivity contribution in [1.29, 1.82) is 0 Å². The molecule has 0 fully saturated rings. The standard InChI is InChI=1S/C12H12ClFN4/c1-7-11(15-2)16-6-17-12(7)18-10-8(13)4-3-5-9(10)14/h3-6H,1-2H3,(H2,15,16,17,18). The van der Waals surface area contributed by atoms with Gasteiger partial charge in [-0.2, -0.15) is 0 Å². The van der Waals surface area contributed by atoms with Crippen molar-refractivity contribution in [2.24, 2.45) is 0 Å². The Morgan fingerprint density at radius 2 is 1.94 bits per heavy atom. The van der Waals surface area contributed by atoms with Crippen molar-refractivity contribution in [2.75, 3.05) is 17.7 Å². The number of benzene rings is 1. The first kappa shape index (κ1) is 12.6. The Morgan fingerprint density at radius 1 is 1.22 bits per heavy atom. The van der Waals surface area contributed by atoms with Crippen molar-refractivity contribution in [1.82, 2.24) is 9.97 Å². The lowest BCUT2D eigenvalue weighted by molar-refractivity contribution is 0.632. The van der Waals surface area contributed by atoms with Gasteiger partial charge in [0, 0.05) is 12.6 Å². The third-order valence-electron chi connectivity index (χ3n) is 2.53. The Kier molecular flexibility index (Phi) is 3.62. The smallest absolute Gasteiger partial charge is 0.148 e. The normalized spacial score (nSPS) is 10.2. The number of aromatic nitrogens is 2. The minimum atomic E-state index is -0.425. The number of halogens is 2. The molecule has 0 spiro atoms. The van der Waals surface area contributed by atoms with Gasteiger partial charge < -0.3 is 10.6 Å². The van der Waals surface area contributed by atoms with Crippen LogP contribution in [0.1, 0.15) is 5.56 Å². The van der Waals surface area contributed by atoms with Crippen LogP contribution < -0.4 is 10.6 Å². The van der Waals surface area contributed by atoms with E-state index in [0.29, 0.717) is 16.7 Å². The summed E-state index contributed by atoms with van der Waals surface area (Å²) in [6, 6.07) is 4.50. The van der Waals surface area contributed by atoms with Crippen molar-refractivity contribution in [3.63, 3.8) is 0 Å². The molecule has 2 aromatic rings. The molecule has 2 N–H and O–H groups in total. The van der Waals surface area contributed by atoms with Gasteiger partial charge in [0.25, 0.3) is 0 Å². The van der Waals surface area contributed by atoms with Gasteiger partial charge in [-0.1, -0.05) is 17.7 Å². The maximum absolute atomic E-state index is 13.6. The van der Waals surface area contributed by atoms with Gasteiger partial charge in [0.15, 0.2) is 0 Å². The zero-order valence-electron chi connectivity index (χ0n) is 9.96. The van der Waals surface area contributed by atoms with Crippen LogP contribution in [0.15, 0.2) is 24.5 Å². The lowest BCUT2D eigenvalue weighted by Gasteiger charge is -2.12. The van der Waals surface area contributed by atoms with E-state index in [2.05, 4.69) is 20.6 Å². The summed E-state index contributed by atoms with van der Waals surface area (Å²) in [5.74, 6) is 0.771. The van der Waals surface area contributed by atoms with Crippen LogP contribution in [0.5, 0.6) is 0 Å². The zero-order chi connectivity index (χ0) is 13.1. The lowest BCUT2D eigenvalue weighted by atomic mass is 10.2. The summed E-state index contributed by atoms with van der Waals surface area (Å²) in [4.78, 5) is 8.13. The molecule has 0 amide bonds. The molecular weight excluding hydrogens is 255 g/mol. The number of anilines is 3. The van der Waals surface area contributed by atoms with Gasteiger partial charge in [0.05, 0.1) is 10.7 Å². The first-order valence-electron chi connectivity index (χ1n) is 5.34. The molecule has 0 aliphatic carbocycles. The summed E-state index contributed by atoms with van der Waals surface area (Å²) >= 11 is 5.94. The van der Waals surface area contributed by atoms with Crippen LogP contribution in [-0.2, 0) is 0 Å². The van der Waals surface area contributed by atoms with E-state index < -0.39 is 5.82 Å². The number of hydrogen-bond donors (Lipinski definition) is 2. The summed E-state index contributed by atoms with van der Waals surface area (Å²) < 4.78 is 13.6. The molecule has 1 aromatic heterocycles. The van der Waals surface area contributed by atoms with Gasteiger partial charge in [0.2, 0.25) is 0 Å². The number of nitrogens with zero attached hydrogens (tertiary/aromatic N) is 2. The summed E-state index contributed by atoms with van der Waals surface area (Å²) in [5, 5.41) is 6.12. The van der Waals surface area contributed by atoms with Crippen molar-refractivity contribution in [2.45, 2.75) is 6.92 Å². The first-order chi connectivity index (χ1) is 8.63. The molecule has 0 saturated heterocycles. The number of para-hydroxylation sites is 1. The van der Waals surface area contributed by atoms with E-state index in [1.807, 2.05) is 6.92 Å². The fraction of sp³-hybridized carbons (Fsp3) is 0.167. The molecule has 0 bridgehead atoms. The summed E-state index contributed by atoms with van der Waals surface area (Å²) in [6.45, 7) is 1.84. The summed E-state index contributed by atoms with van der Waals surface area (Å²) in [7, 11) is 1.76. The van der Waals surface area contributed by atoms with Crippen molar-refractivity contribution < 1.29 is 4.39 Å². The second kappa shape index (κ2) is 5.18. The SMILES string of the molecule is CNc1ncnc(Nc2c(F)cccc2Cl)c1C. The van der Waals surface area contributed by atoms with Crippen LogP contribution in [-0.4, -0.2) is 17.0 Å². The van der Waals surface area contributed by atoms with Crippen molar-refractivity contribution >= 4 is 28.9 Å². The van der Waals surface area contributed by atoms with Crippen LogP contribution in [0.2, 0.25) is 5.02 Å². The molecule has 0 radical (unpaired) electrons. The lowest BCUT2D eigenvalue weighted by Crippen LogP contribution is -2.03. The zero-order valence-corrected chi connectivity index (χ0v) is 10.7. The Hall–Kier alpha value is -1.88. The highest BCUT2D eigenvalue weighted by Gasteiger charge is 2.11. The second-order valence-electron chi connectivity index (χ2n) is 3.67. The van der Waals surface area contributed by atoms with Crippen LogP contribution in [0, 0.1) is 12.7 Å². The van der Waals surface area contributed by atoms with Crippen LogP contribution in [0.4, 0.5) is 21.7 Å². The molecule has 94 valence electrons. The number of hydrogen-bond acceptors (Lipinski definition) is 4. The highest BCUT2D eigenvalue weighted by atomic mass is 35.5. The molecule has 18 heavy (non-hydrogen) atoms. The molecule has 4 nitrogen and oxygen atoms in total. The minimum Gasteiger partial charge on any atom is -0.373 e. The predicted molar refractivity (Wildman–Crippen MR) is 71.0 cm³/mol. The minimum absolute atomic E-state index is 0.211. The highest BCUT2D eigenvalue weighted by Crippen LogP contribution is 2.29. The van der Waals surface area contributed by atoms with E-state index in [1.54, 1.807) is 19.2 Å². The van der Waals surface area contributed by atoms with E-state index in [9.17, 15) is 4.39 Å². The van der Waals surface area contributed by atoms with Crippen LogP contribution >= 0.6 is 11.6 Å². The second-order valence-corrected chi connectivity index (χ2v) is 4.07. The van der Waals surface area contributed by atoms with Gasteiger partial charge in [-0.25, -0.2) is 14.4 Å². The Balaban J connectivity index is 2.40. The molecule has 0 aliphatic heterocycles. The van der Waals surface area contributed by atoms with Crippen molar-refractivity contribution in [3.8, 4) is 0 Å². The molecular formula is C12H12ClFN4. The third-order valence-corrected chi connectivity index (χ3v) is 2.84. The number of rotatable bonds is 3. The molecule has 0 aliphatic rings. The molecule has 0 atom stereocenters. The molecule has 1 heterocycles. The third kappa shape index (κ3) is 2.36. The van der Waals surface area contributed by atoms with E-state index >= 15 is 0 Å². The quantitative estimate of drug-likeness (QED) is 0.894. The maximum Gasteiger partial charge on any atom is 0.148 e. The van der Waals surface area contributed by atoms with Gasteiger partial charge >= 0.3 is 0 Å². The van der Waals surface area contributed by atoms with Gasteiger partial charge in [-0.3, -0.25) is 0 Å². The average Bonchev–Trinajstić information content (AvgIpc) is 2.36. The highest BCUT2D eigenvalue weighted by molar-refractivity contribution is 6.33. The van der Waals surface area contributed by atoms with Crippen LogP contribution in [0.3, 0.4) is 0 Å². The monoisotopic (exact) mass is 266 g/mol. The largest absolute Gasteiger partial charge is 0.373 e. The van der Waals surface area contributed by atoms with Gasteiger partial charge in [0.1, 0.15) is 23.8 Å². The average molecular weight is 267 g/mol. The van der Waals surface area contributed by atoms with E-state index in [4.69, 9.17) is 11.6 Å². The molecule has 0 unspecified atom stereocenters. The predicted octanol–water partition coefficient (Wildman–Crippen LogP) is 3.36. The fourth-order valence-electron chi connectivity index (χ4n) is 1.56. The van der Waals surface area contributed by atoms with Crippen molar-refractivity contribution in [3.05, 3.63) is 40.9 Å². The van der Waals surface area contributed by atoms with Gasteiger partial charge in [-0.15, -0.1) is 0 Å². The summed E-state index contributed by atoms with van der Waals surface area (Å²) in [5.41, 5.74) is 1.00. The number of nitrogens with one attached hydrogen (secondary N) is 2. The summed E-state index contributed by atoms with van der Waals surface area (Å²) in [6.07, 6.45) is 1.40. The van der Waals surface area contributed by atoms with E-state index in [0.717, 1.165) is 5.56 Å². The van der Waals surface area contributed by atoms with E-state index in [-0.39, 0.29) is 5.69 Å². The fourth-order valence-corrected chi connectivity index (χ4v) is 1.77. The Labute approximate surface area is 109 Å². The molecule has 2 rings (SSSR count). The molecule has 1 aromatic carbocycles. The molecule has 0 saturated carbocycles. The topological polar surface area (TPSA) is 49.8 Å². The van der Waals surface area contributed by atoms with Gasteiger partial charge in [-0.05, 0) is 19.1 Å². The Bertz CT molecular complexity index is 554. The molecule has 6 heteroatoms. The Morgan fingerprint density at radius 3 is 2.61 bits per heavy atom. The first-order valence-corrected chi connectivity index (χ1v) is 5.71. The van der Waals surface area contributed by atoms with Crippen LogP contribution in [0.25, 0.3) is 0 Å². The maximum atomic E-state index is 13.6. The van der Waals surface area contributed by atoms with E-state index in [1.165, 1.54) is 12.4 Å².